The summed E-state index contributed by atoms with van der Waals surface area (Å²) < 4.78 is 24.1. The number of carbonyl (C=O) groups excluding carboxylic acids is 1. The van der Waals surface area contributed by atoms with Crippen molar-refractivity contribution in [1.82, 2.24) is 0 Å². The second-order valence-electron chi connectivity index (χ2n) is 6.74. The first-order chi connectivity index (χ1) is 12.0. The molecule has 4 heteroatoms. The predicted molar refractivity (Wildman–Crippen MR) is 98.7 cm³/mol. The summed E-state index contributed by atoms with van der Waals surface area (Å²) in [5.41, 5.74) is 0.361. The first-order valence-corrected chi connectivity index (χ1v) is 8.96. The first kappa shape index (κ1) is 19.2. The number of halogens is 1. The molecule has 0 spiro atoms. The number of methoxy groups -OCH3 is 1. The highest BCUT2D eigenvalue weighted by molar-refractivity contribution is 6.07. The molecule has 0 fully saturated rings. The van der Waals surface area contributed by atoms with Crippen LogP contribution in [0, 0.1) is 11.7 Å². The lowest BCUT2D eigenvalue weighted by Crippen LogP contribution is -2.09. The van der Waals surface area contributed by atoms with E-state index in [0.717, 1.165) is 25.2 Å². The molecule has 0 saturated carbocycles. The summed E-state index contributed by atoms with van der Waals surface area (Å²) in [4.78, 5) is 12.5. The molecular weight excluding hydrogens is 319 g/mol. The van der Waals surface area contributed by atoms with Gasteiger partial charge in [0.25, 0.3) is 0 Å². The molecule has 3 nitrogen and oxygen atoms in total. The Morgan fingerprint density at radius 1 is 1.08 bits per heavy atom. The molecule has 0 aromatic heterocycles. The number of unbranched alkanes of at least 4 members (excludes halogenated alkanes) is 3. The summed E-state index contributed by atoms with van der Waals surface area (Å²) in [6.07, 6.45) is 5.52. The van der Waals surface area contributed by atoms with Gasteiger partial charge in [-0.3, -0.25) is 0 Å². The summed E-state index contributed by atoms with van der Waals surface area (Å²) in [5.74, 6) is 0.428. The van der Waals surface area contributed by atoms with E-state index in [4.69, 9.17) is 9.47 Å². The number of carbonyl (C=O) groups is 1. The maximum Gasteiger partial charge on any atom is 0.342 e. The van der Waals surface area contributed by atoms with Crippen LogP contribution >= 0.6 is 0 Å². The molecule has 0 aliphatic carbocycles. The maximum absolute atomic E-state index is 13.4. The van der Waals surface area contributed by atoms with Gasteiger partial charge in [-0.2, -0.15) is 0 Å². The minimum atomic E-state index is -0.420. The van der Waals surface area contributed by atoms with E-state index in [1.54, 1.807) is 18.2 Å². The third kappa shape index (κ3) is 5.45. The molecule has 25 heavy (non-hydrogen) atoms. The lowest BCUT2D eigenvalue weighted by Gasteiger charge is -2.12. The minimum absolute atomic E-state index is 0.335. The van der Waals surface area contributed by atoms with Crippen LogP contribution < -0.4 is 4.74 Å². The smallest absolute Gasteiger partial charge is 0.342 e. The number of rotatable bonds is 9. The fourth-order valence-corrected chi connectivity index (χ4v) is 2.91. The Hall–Kier alpha value is -2.10. The molecular formula is C21H27FO3. The zero-order chi connectivity index (χ0) is 18.2. The molecule has 0 bridgehead atoms. The number of hydrogen-bond acceptors (Lipinski definition) is 3. The summed E-state index contributed by atoms with van der Waals surface area (Å²) in [6.45, 7) is 4.84. The Kier molecular flexibility index (Phi) is 7.23. The lowest BCUT2D eigenvalue weighted by atomic mass is 10.0. The fourth-order valence-electron chi connectivity index (χ4n) is 2.91. The van der Waals surface area contributed by atoms with Gasteiger partial charge in [-0.25, -0.2) is 9.18 Å². The molecule has 0 aliphatic rings. The van der Waals surface area contributed by atoms with Crippen LogP contribution in [0.15, 0.2) is 30.3 Å². The van der Waals surface area contributed by atoms with Gasteiger partial charge in [0.05, 0.1) is 13.7 Å². The van der Waals surface area contributed by atoms with Gasteiger partial charge in [-0.05, 0) is 35.9 Å². The molecule has 0 heterocycles. The average molecular weight is 346 g/mol. The van der Waals surface area contributed by atoms with E-state index >= 15 is 0 Å². The van der Waals surface area contributed by atoms with Crippen molar-refractivity contribution >= 4 is 16.7 Å². The van der Waals surface area contributed by atoms with Gasteiger partial charge in [0, 0.05) is 5.39 Å². The fraction of sp³-hybridized carbons (Fsp3) is 0.476. The van der Waals surface area contributed by atoms with Crippen LogP contribution in [0.2, 0.25) is 0 Å². The molecule has 2 aromatic rings. The van der Waals surface area contributed by atoms with Gasteiger partial charge in [0.15, 0.2) is 0 Å². The third-order valence-corrected chi connectivity index (χ3v) is 4.28. The van der Waals surface area contributed by atoms with Crippen LogP contribution in [0.5, 0.6) is 5.75 Å². The molecule has 0 amide bonds. The van der Waals surface area contributed by atoms with E-state index in [1.807, 2.05) is 0 Å². The van der Waals surface area contributed by atoms with Crippen molar-refractivity contribution in [3.8, 4) is 5.75 Å². The topological polar surface area (TPSA) is 35.5 Å². The lowest BCUT2D eigenvalue weighted by molar-refractivity contribution is 0.0496. The predicted octanol–water partition coefficient (Wildman–Crippen LogP) is 5.75. The van der Waals surface area contributed by atoms with Crippen LogP contribution in [-0.4, -0.2) is 19.7 Å². The number of esters is 1. The summed E-state index contributed by atoms with van der Waals surface area (Å²) >= 11 is 0. The van der Waals surface area contributed by atoms with Crippen LogP contribution in [-0.2, 0) is 4.74 Å². The van der Waals surface area contributed by atoms with Gasteiger partial charge in [0.2, 0.25) is 0 Å². The van der Waals surface area contributed by atoms with Crippen LogP contribution in [0.25, 0.3) is 10.8 Å². The Balaban J connectivity index is 1.97. The molecule has 0 N–H and O–H groups in total. The molecule has 0 atom stereocenters. The normalized spacial score (nSPS) is 11.1. The summed E-state index contributed by atoms with van der Waals surface area (Å²) in [5, 5.41) is 1.30. The second-order valence-corrected chi connectivity index (χ2v) is 6.74. The van der Waals surface area contributed by atoms with E-state index in [1.165, 1.54) is 32.1 Å². The van der Waals surface area contributed by atoms with E-state index < -0.39 is 5.97 Å². The van der Waals surface area contributed by atoms with E-state index in [0.29, 0.717) is 28.7 Å². The van der Waals surface area contributed by atoms with Gasteiger partial charge in [-0.1, -0.05) is 51.7 Å². The molecule has 0 unspecified atom stereocenters. The van der Waals surface area contributed by atoms with Crippen molar-refractivity contribution < 1.29 is 18.7 Å². The molecule has 0 saturated heterocycles. The van der Waals surface area contributed by atoms with Crippen molar-refractivity contribution in [3.05, 3.63) is 41.7 Å². The zero-order valence-electron chi connectivity index (χ0n) is 15.3. The molecule has 0 radical (unpaired) electrons. The SMILES string of the molecule is COc1ccc2cc(F)ccc2c1C(=O)OCCCCCCC(C)C. The highest BCUT2D eigenvalue weighted by Crippen LogP contribution is 2.29. The van der Waals surface area contributed by atoms with Gasteiger partial charge >= 0.3 is 5.97 Å². The third-order valence-electron chi connectivity index (χ3n) is 4.28. The summed E-state index contributed by atoms with van der Waals surface area (Å²) in [7, 11) is 1.51. The van der Waals surface area contributed by atoms with E-state index in [-0.39, 0.29) is 5.82 Å². The van der Waals surface area contributed by atoms with Crippen LogP contribution in [0.1, 0.15) is 56.3 Å². The number of hydrogen-bond donors (Lipinski definition) is 0. The Morgan fingerprint density at radius 3 is 2.56 bits per heavy atom. The molecule has 0 aliphatic heterocycles. The second kappa shape index (κ2) is 9.40. The van der Waals surface area contributed by atoms with E-state index in [9.17, 15) is 9.18 Å². The van der Waals surface area contributed by atoms with Crippen LogP contribution in [0.4, 0.5) is 4.39 Å². The molecule has 2 rings (SSSR count). The largest absolute Gasteiger partial charge is 0.496 e. The van der Waals surface area contributed by atoms with Gasteiger partial charge in [0.1, 0.15) is 17.1 Å². The van der Waals surface area contributed by atoms with E-state index in [2.05, 4.69) is 13.8 Å². The van der Waals surface area contributed by atoms with Gasteiger partial charge in [-0.15, -0.1) is 0 Å². The highest BCUT2D eigenvalue weighted by atomic mass is 19.1. The molecule has 2 aromatic carbocycles. The average Bonchev–Trinajstić information content (AvgIpc) is 2.59. The number of fused-ring (bicyclic) bond motifs is 1. The van der Waals surface area contributed by atoms with Crippen molar-refractivity contribution in [2.45, 2.75) is 46.0 Å². The molecule has 136 valence electrons. The van der Waals surface area contributed by atoms with Crippen molar-refractivity contribution in [3.63, 3.8) is 0 Å². The van der Waals surface area contributed by atoms with Crippen LogP contribution in [0.3, 0.4) is 0 Å². The first-order valence-electron chi connectivity index (χ1n) is 8.96. The zero-order valence-corrected chi connectivity index (χ0v) is 15.3. The Morgan fingerprint density at radius 2 is 1.84 bits per heavy atom. The van der Waals surface area contributed by atoms with Crippen molar-refractivity contribution in [1.29, 1.82) is 0 Å². The van der Waals surface area contributed by atoms with Crippen molar-refractivity contribution in [2.24, 2.45) is 5.92 Å². The van der Waals surface area contributed by atoms with Gasteiger partial charge < -0.3 is 9.47 Å². The highest BCUT2D eigenvalue weighted by Gasteiger charge is 2.18. The number of ether oxygens (including phenoxy) is 2. The number of benzene rings is 2. The monoisotopic (exact) mass is 346 g/mol. The maximum atomic E-state index is 13.4. The Labute approximate surface area is 149 Å². The standard InChI is InChI=1S/C21H27FO3/c1-15(2)8-6-4-5-7-13-25-21(23)20-18-11-10-17(22)14-16(18)9-12-19(20)24-3/h9-12,14-15H,4-8,13H2,1-3H3. The summed E-state index contributed by atoms with van der Waals surface area (Å²) in [6, 6.07) is 7.75. The quantitative estimate of drug-likeness (QED) is 0.428. The minimum Gasteiger partial charge on any atom is -0.496 e. The Bertz CT molecular complexity index is 710. The van der Waals surface area contributed by atoms with Crippen molar-refractivity contribution in [2.75, 3.05) is 13.7 Å².